The summed E-state index contributed by atoms with van der Waals surface area (Å²) in [5.41, 5.74) is 1.66. The summed E-state index contributed by atoms with van der Waals surface area (Å²) in [4.78, 5) is 31.2. The Morgan fingerprint density at radius 1 is 1.38 bits per heavy atom. The monoisotopic (exact) mass is 327 g/mol. The summed E-state index contributed by atoms with van der Waals surface area (Å²) in [6, 6.07) is 7.06. The first-order chi connectivity index (χ1) is 11.7. The van der Waals surface area contributed by atoms with Gasteiger partial charge in [0.2, 0.25) is 5.91 Å². The molecule has 1 atom stereocenters. The van der Waals surface area contributed by atoms with Gasteiger partial charge in [-0.1, -0.05) is 19.4 Å². The summed E-state index contributed by atoms with van der Waals surface area (Å²) in [6.45, 7) is 3.45. The van der Waals surface area contributed by atoms with Crippen molar-refractivity contribution in [3.63, 3.8) is 0 Å². The Kier molecular flexibility index (Phi) is 4.93. The van der Waals surface area contributed by atoms with Gasteiger partial charge in [-0.25, -0.2) is 0 Å². The van der Waals surface area contributed by atoms with E-state index >= 15 is 0 Å². The van der Waals surface area contributed by atoms with Gasteiger partial charge in [0.1, 0.15) is 0 Å². The predicted octanol–water partition coefficient (Wildman–Crippen LogP) is 2.33. The number of amides is 2. The van der Waals surface area contributed by atoms with Crippen LogP contribution in [0.4, 0.5) is 0 Å². The lowest BCUT2D eigenvalue weighted by molar-refractivity contribution is -0.123. The zero-order valence-corrected chi connectivity index (χ0v) is 13.7. The van der Waals surface area contributed by atoms with Gasteiger partial charge >= 0.3 is 0 Å². The molecule has 6 heteroatoms. The third-order valence-corrected chi connectivity index (χ3v) is 4.19. The number of furan rings is 1. The lowest BCUT2D eigenvalue weighted by Gasteiger charge is -2.32. The number of nitrogens with one attached hydrogen (secondary N) is 1. The molecule has 0 saturated carbocycles. The molecule has 0 radical (unpaired) electrons. The predicted molar refractivity (Wildman–Crippen MR) is 88.3 cm³/mol. The van der Waals surface area contributed by atoms with E-state index in [9.17, 15) is 9.59 Å². The standard InChI is InChI=1S/C18H21N3O3/c1-2-3-8-20-17(22)14-12-21(18(23)15-7-5-10-24-15)11-13-6-4-9-19-16(13)14/h4-7,9-10,14H,2-3,8,11-12H2,1H3,(H,20,22). The molecule has 0 saturated heterocycles. The summed E-state index contributed by atoms with van der Waals surface area (Å²) >= 11 is 0. The van der Waals surface area contributed by atoms with Gasteiger partial charge < -0.3 is 14.6 Å². The molecule has 24 heavy (non-hydrogen) atoms. The zero-order valence-electron chi connectivity index (χ0n) is 13.7. The third-order valence-electron chi connectivity index (χ3n) is 4.19. The van der Waals surface area contributed by atoms with Gasteiger partial charge in [0.25, 0.3) is 5.91 Å². The quantitative estimate of drug-likeness (QED) is 0.855. The van der Waals surface area contributed by atoms with Crippen LogP contribution < -0.4 is 5.32 Å². The van der Waals surface area contributed by atoms with Crippen LogP contribution in [0.2, 0.25) is 0 Å². The van der Waals surface area contributed by atoms with E-state index in [1.807, 2.05) is 12.1 Å². The van der Waals surface area contributed by atoms with E-state index in [1.54, 1.807) is 23.2 Å². The maximum atomic E-state index is 12.6. The molecule has 1 unspecified atom stereocenters. The number of unbranched alkanes of at least 4 members (excludes halogenated alkanes) is 1. The number of carbonyl (C=O) groups is 2. The molecule has 1 aliphatic rings. The van der Waals surface area contributed by atoms with E-state index in [1.165, 1.54) is 6.26 Å². The fourth-order valence-electron chi connectivity index (χ4n) is 2.90. The van der Waals surface area contributed by atoms with Crippen LogP contribution in [0.3, 0.4) is 0 Å². The number of nitrogens with zero attached hydrogens (tertiary/aromatic N) is 2. The van der Waals surface area contributed by atoms with Crippen LogP contribution in [0, 0.1) is 0 Å². The summed E-state index contributed by atoms with van der Waals surface area (Å²) in [5.74, 6) is -0.459. The Bertz CT molecular complexity index is 712. The van der Waals surface area contributed by atoms with Crippen molar-refractivity contribution in [2.24, 2.45) is 0 Å². The van der Waals surface area contributed by atoms with Crippen molar-refractivity contribution >= 4 is 11.8 Å². The van der Waals surface area contributed by atoms with Gasteiger partial charge in [-0.3, -0.25) is 14.6 Å². The summed E-state index contributed by atoms with van der Waals surface area (Å²) in [6.07, 6.45) is 5.11. The molecule has 126 valence electrons. The summed E-state index contributed by atoms with van der Waals surface area (Å²) in [5, 5.41) is 2.95. The van der Waals surface area contributed by atoms with Gasteiger partial charge in [-0.2, -0.15) is 0 Å². The second-order valence-electron chi connectivity index (χ2n) is 5.91. The Hall–Kier alpha value is -2.63. The average molecular weight is 327 g/mol. The van der Waals surface area contributed by atoms with Crippen LogP contribution in [0.25, 0.3) is 0 Å². The number of aromatic nitrogens is 1. The highest BCUT2D eigenvalue weighted by Gasteiger charge is 2.34. The minimum absolute atomic E-state index is 0.0830. The second-order valence-corrected chi connectivity index (χ2v) is 5.91. The van der Waals surface area contributed by atoms with Crippen LogP contribution >= 0.6 is 0 Å². The molecule has 1 aliphatic heterocycles. The molecular weight excluding hydrogens is 306 g/mol. The zero-order chi connectivity index (χ0) is 16.9. The number of hydrogen-bond donors (Lipinski definition) is 1. The SMILES string of the molecule is CCCCNC(=O)C1CN(C(=O)c2ccco2)Cc2cccnc21. The summed E-state index contributed by atoms with van der Waals surface area (Å²) in [7, 11) is 0. The topological polar surface area (TPSA) is 75.4 Å². The van der Waals surface area contributed by atoms with Crippen LogP contribution in [0.5, 0.6) is 0 Å². The molecule has 2 amide bonds. The van der Waals surface area contributed by atoms with Gasteiger partial charge in [0.15, 0.2) is 5.76 Å². The fraction of sp³-hybridized carbons (Fsp3) is 0.389. The fourth-order valence-corrected chi connectivity index (χ4v) is 2.90. The molecule has 1 N–H and O–H groups in total. The first kappa shape index (κ1) is 16.2. The Morgan fingerprint density at radius 3 is 3.00 bits per heavy atom. The van der Waals surface area contributed by atoms with Crippen molar-refractivity contribution < 1.29 is 14.0 Å². The Balaban J connectivity index is 1.82. The van der Waals surface area contributed by atoms with Crippen molar-refractivity contribution in [3.05, 3.63) is 53.7 Å². The number of rotatable bonds is 5. The smallest absolute Gasteiger partial charge is 0.289 e. The number of fused-ring (bicyclic) bond motifs is 1. The van der Waals surface area contributed by atoms with Crippen molar-refractivity contribution in [1.29, 1.82) is 0 Å². The molecule has 0 bridgehead atoms. The number of carbonyl (C=O) groups excluding carboxylic acids is 2. The molecule has 6 nitrogen and oxygen atoms in total. The highest BCUT2D eigenvalue weighted by atomic mass is 16.3. The molecular formula is C18H21N3O3. The average Bonchev–Trinajstić information content (AvgIpc) is 3.15. The molecule has 0 aromatic carbocycles. The maximum absolute atomic E-state index is 12.6. The second kappa shape index (κ2) is 7.29. The molecule has 0 spiro atoms. The summed E-state index contributed by atoms with van der Waals surface area (Å²) < 4.78 is 5.20. The number of pyridine rings is 1. The van der Waals surface area contributed by atoms with E-state index < -0.39 is 5.92 Å². The maximum Gasteiger partial charge on any atom is 0.289 e. The van der Waals surface area contributed by atoms with Gasteiger partial charge in [-0.05, 0) is 30.2 Å². The van der Waals surface area contributed by atoms with E-state index in [0.29, 0.717) is 19.6 Å². The highest BCUT2D eigenvalue weighted by molar-refractivity contribution is 5.93. The Labute approximate surface area is 140 Å². The Morgan fingerprint density at radius 2 is 2.25 bits per heavy atom. The largest absolute Gasteiger partial charge is 0.459 e. The first-order valence-corrected chi connectivity index (χ1v) is 8.25. The first-order valence-electron chi connectivity index (χ1n) is 8.25. The van der Waals surface area contributed by atoms with Crippen LogP contribution in [0.1, 0.15) is 47.5 Å². The lowest BCUT2D eigenvalue weighted by atomic mass is 9.93. The third kappa shape index (κ3) is 3.32. The van der Waals surface area contributed by atoms with E-state index in [-0.39, 0.29) is 17.6 Å². The van der Waals surface area contributed by atoms with Gasteiger partial charge in [-0.15, -0.1) is 0 Å². The molecule has 2 aromatic rings. The van der Waals surface area contributed by atoms with Crippen LogP contribution in [-0.2, 0) is 11.3 Å². The van der Waals surface area contributed by atoms with E-state index in [2.05, 4.69) is 17.2 Å². The minimum Gasteiger partial charge on any atom is -0.459 e. The molecule has 2 aromatic heterocycles. The normalized spacial score (nSPS) is 16.5. The highest BCUT2D eigenvalue weighted by Crippen LogP contribution is 2.27. The van der Waals surface area contributed by atoms with Crippen molar-refractivity contribution in [2.45, 2.75) is 32.2 Å². The molecule has 3 rings (SSSR count). The van der Waals surface area contributed by atoms with E-state index in [4.69, 9.17) is 4.42 Å². The van der Waals surface area contributed by atoms with Gasteiger partial charge in [0.05, 0.1) is 17.9 Å². The molecule has 0 aliphatic carbocycles. The molecule has 0 fully saturated rings. The minimum atomic E-state index is -0.453. The van der Waals surface area contributed by atoms with Crippen molar-refractivity contribution in [2.75, 3.05) is 13.1 Å². The van der Waals surface area contributed by atoms with Crippen LogP contribution in [-0.4, -0.2) is 34.8 Å². The molecule has 3 heterocycles. The number of hydrogen-bond acceptors (Lipinski definition) is 4. The van der Waals surface area contributed by atoms with Crippen molar-refractivity contribution in [3.8, 4) is 0 Å². The van der Waals surface area contributed by atoms with Crippen molar-refractivity contribution in [1.82, 2.24) is 15.2 Å². The lowest BCUT2D eigenvalue weighted by Crippen LogP contribution is -2.44. The van der Waals surface area contributed by atoms with Crippen LogP contribution in [0.15, 0.2) is 41.1 Å². The van der Waals surface area contributed by atoms with E-state index in [0.717, 1.165) is 24.1 Å². The van der Waals surface area contributed by atoms with Gasteiger partial charge in [0, 0.05) is 25.8 Å².